The molecule has 4 heterocycles. The average molecular weight is 1560 g/mol. The van der Waals surface area contributed by atoms with Crippen molar-refractivity contribution in [2.24, 2.45) is 24.1 Å². The van der Waals surface area contributed by atoms with E-state index in [1.807, 2.05) is 0 Å². The molecule has 0 saturated carbocycles. The highest BCUT2D eigenvalue weighted by molar-refractivity contribution is 8.15. The minimum absolute atomic E-state index is 0. The lowest BCUT2D eigenvalue weighted by molar-refractivity contribution is -0.192. The largest absolute Gasteiger partial charge is 0.490 e. The van der Waals surface area contributed by atoms with E-state index in [0.29, 0.717) is 29.0 Å². The third kappa shape index (κ3) is 21.8. The number of aromatic nitrogens is 4. The van der Waals surface area contributed by atoms with Crippen LogP contribution in [0.4, 0.5) is 59.7 Å². The Morgan fingerprint density at radius 3 is 1.24 bits per heavy atom. The zero-order valence-electron chi connectivity index (χ0n) is 54.1. The summed E-state index contributed by atoms with van der Waals surface area (Å²) in [5.74, 6) is -9.29. The predicted molar refractivity (Wildman–Crippen MR) is 353 cm³/mol. The summed E-state index contributed by atoms with van der Waals surface area (Å²) >= 11 is 14.3. The van der Waals surface area contributed by atoms with Crippen LogP contribution >= 0.6 is 46.7 Å². The summed E-state index contributed by atoms with van der Waals surface area (Å²) < 4.78 is 169. The number of thioether (sulfide) groups is 2. The number of nitrogens with zero attached hydrogens (tertiary/aromatic N) is 8. The van der Waals surface area contributed by atoms with E-state index in [-0.39, 0.29) is 101 Å². The minimum Gasteiger partial charge on any atom is -0.482 e. The third-order valence-electron chi connectivity index (χ3n) is 13.5. The Balaban J connectivity index is 0.000000340. The molecule has 2 atom stereocenters. The minimum atomic E-state index is -5.08. The van der Waals surface area contributed by atoms with Crippen LogP contribution in [0.3, 0.4) is 0 Å². The molecule has 6 aromatic rings. The van der Waals surface area contributed by atoms with Crippen LogP contribution in [0.5, 0.6) is 11.5 Å². The van der Waals surface area contributed by atoms with Crippen molar-refractivity contribution in [3.8, 4) is 22.9 Å². The number of ether oxygens (including phenoxy) is 5. The van der Waals surface area contributed by atoms with E-state index >= 15 is 8.78 Å². The van der Waals surface area contributed by atoms with Gasteiger partial charge in [0.25, 0.3) is 11.1 Å². The summed E-state index contributed by atoms with van der Waals surface area (Å²) in [5, 5.41) is 13.4. The monoisotopic (exact) mass is 1560 g/mol. The van der Waals surface area contributed by atoms with Crippen LogP contribution in [0.2, 0.25) is 10.0 Å². The summed E-state index contributed by atoms with van der Waals surface area (Å²) in [6, 6.07) is 16.4. The molecule has 104 heavy (non-hydrogen) atoms. The molecule has 2 aliphatic rings. The van der Waals surface area contributed by atoms with Crippen molar-refractivity contribution in [1.82, 2.24) is 28.1 Å². The van der Waals surface area contributed by atoms with Crippen molar-refractivity contribution in [2.45, 2.75) is 89.5 Å². The zero-order valence-corrected chi connectivity index (χ0v) is 57.3. The van der Waals surface area contributed by atoms with Gasteiger partial charge in [0.1, 0.15) is 53.2 Å². The maximum atomic E-state index is 15.2. The molecule has 2 saturated heterocycles. The van der Waals surface area contributed by atoms with Gasteiger partial charge in [0.05, 0.1) is 56.5 Å². The van der Waals surface area contributed by atoms with Crippen LogP contribution in [-0.4, -0.2) is 152 Å². The van der Waals surface area contributed by atoms with Crippen LogP contribution in [0.15, 0.2) is 114 Å². The highest BCUT2D eigenvalue weighted by Gasteiger charge is 2.43. The lowest BCUT2D eigenvalue weighted by Crippen LogP contribution is -2.41. The number of carbonyl (C=O) groups is 7. The van der Waals surface area contributed by atoms with Gasteiger partial charge in [0, 0.05) is 26.2 Å². The van der Waals surface area contributed by atoms with Crippen LogP contribution in [0, 0.1) is 11.6 Å². The summed E-state index contributed by atoms with van der Waals surface area (Å²) in [4.78, 5) is 146. The second kappa shape index (κ2) is 35.0. The second-order valence-corrected chi connectivity index (χ2v) is 25.2. The Kier molecular flexibility index (Phi) is 28.5. The number of hydrogen-bond donors (Lipinski definition) is 2. The quantitative estimate of drug-likeness (QED) is 0.0408. The number of esters is 3. The molecular weight excluding hydrogens is 1500 g/mol. The lowest BCUT2D eigenvalue weighted by atomic mass is 10.1. The number of amides is 2. The van der Waals surface area contributed by atoms with Gasteiger partial charge in [0.15, 0.2) is 23.5 Å². The maximum Gasteiger partial charge on any atom is 0.490 e. The number of alkyl halides is 9. The van der Waals surface area contributed by atoms with E-state index in [0.717, 1.165) is 59.6 Å². The van der Waals surface area contributed by atoms with Crippen molar-refractivity contribution in [3.05, 3.63) is 171 Å². The fraction of sp³-hybridized carbons (Fsp3) is 0.349. The van der Waals surface area contributed by atoms with Crippen LogP contribution in [-0.2, 0) is 87.1 Å². The molecule has 2 aromatic heterocycles. The Morgan fingerprint density at radius 1 is 0.558 bits per heavy atom. The lowest BCUT2D eigenvalue weighted by Gasteiger charge is -2.20. The number of halogens is 13. The summed E-state index contributed by atoms with van der Waals surface area (Å²) in [6.45, 7) is 6.05. The van der Waals surface area contributed by atoms with Gasteiger partial charge in [-0.05, 0) is 95.0 Å². The van der Waals surface area contributed by atoms with Gasteiger partial charge in [-0.1, -0.05) is 90.6 Å². The molecule has 2 N–H and O–H groups in total. The first-order valence-electron chi connectivity index (χ1n) is 29.3. The summed E-state index contributed by atoms with van der Waals surface area (Å²) in [5.41, 5.74) is -10.9. The van der Waals surface area contributed by atoms with Crippen molar-refractivity contribution >= 4 is 110 Å². The average Bonchev–Trinajstić information content (AvgIpc) is 0.909. The normalized spacial score (nSPS) is 15.3. The van der Waals surface area contributed by atoms with E-state index in [9.17, 15) is 87.5 Å². The van der Waals surface area contributed by atoms with Crippen LogP contribution in [0.25, 0.3) is 11.4 Å². The fourth-order valence-corrected chi connectivity index (χ4v) is 11.8. The molecular formula is C63H59Cl2F11N8O18S2. The predicted octanol–water partition coefficient (Wildman–Crippen LogP) is 9.62. The molecule has 4 aromatic carbocycles. The van der Waals surface area contributed by atoms with Gasteiger partial charge >= 0.3 is 59.8 Å². The van der Waals surface area contributed by atoms with Gasteiger partial charge in [-0.3, -0.25) is 47.7 Å². The standard InChI is InChI=1S/C32H31ClF4N4O8S.C28H23ClF4N4O8S.C2HF3O2.CH4/c1-6-47-26(43)15-40-28(45)23(11-17-9-7-8-10-22(17)48-16-27(44)49-31(2,3)4)50-29(40)38-20-13-21(19(34)12-18(20)33)41-25(42)14-24(32(35,36)37)39(5)30(41)46;1-3-44-24(41)12-36-25(42)20(8-14-6-4-5-7-19(14)45-13-23(39)40)46-26(36)34-17-10-18(16(30)9-15(17)29)37-22(38)11-21(28(31,32)33)35(2)27(37)43;3-2(4,5)1(6)7;/h7-10,12-14,23H,6,11,15-16H2,1-5H3;4-7,9-11,20H,3,8,12-13H2,1-2H3,(H,39,40);(H,6,7);1H4. The summed E-state index contributed by atoms with van der Waals surface area (Å²) in [6.07, 6.45) is -15.1. The molecule has 8 rings (SSSR count). The molecule has 41 heteroatoms. The first-order chi connectivity index (χ1) is 47.9. The first kappa shape index (κ1) is 84.6. The number of para-hydroxylation sites is 2. The Hall–Kier alpha value is -10.0. The number of aliphatic imine (C=N–C) groups is 2. The van der Waals surface area contributed by atoms with Gasteiger partial charge in [-0.2, -0.15) is 39.5 Å². The van der Waals surface area contributed by atoms with Crippen LogP contribution < -0.4 is 32.0 Å². The van der Waals surface area contributed by atoms with E-state index < -0.39 is 159 Å². The molecule has 0 radical (unpaired) electrons. The highest BCUT2D eigenvalue weighted by atomic mass is 35.5. The molecule has 2 aliphatic heterocycles. The van der Waals surface area contributed by atoms with Crippen molar-refractivity contribution in [1.29, 1.82) is 0 Å². The highest BCUT2D eigenvalue weighted by Crippen LogP contribution is 2.40. The van der Waals surface area contributed by atoms with E-state index in [1.165, 1.54) is 6.07 Å². The molecule has 2 fully saturated rings. The van der Waals surface area contributed by atoms with Crippen LogP contribution in [0.1, 0.15) is 64.6 Å². The molecule has 0 spiro atoms. The number of aliphatic carboxylic acids is 2. The third-order valence-corrected chi connectivity index (χ3v) is 16.5. The number of carboxylic acids is 2. The fourth-order valence-electron chi connectivity index (χ4n) is 9.10. The maximum absolute atomic E-state index is 15.2. The summed E-state index contributed by atoms with van der Waals surface area (Å²) in [7, 11) is 1.53. The number of carbonyl (C=O) groups excluding carboxylic acids is 5. The van der Waals surface area contributed by atoms with E-state index in [1.54, 1.807) is 77.1 Å². The number of hydrogen-bond acceptors (Lipinski definition) is 20. The molecule has 26 nitrogen and oxygen atoms in total. The SMILES string of the molecule is C.CCOC(=O)CN1C(=O)C(Cc2ccccc2OCC(=O)O)SC1=Nc1cc(-n2c(=O)cc(C(F)(F)F)n(C)c2=O)c(F)cc1Cl.CCOC(=O)CN1C(=O)C(Cc2ccccc2OCC(=O)OC(C)(C)C)SC1=Nc1cc(-n2c(=O)cc(C(F)(F)F)n(C)c2=O)c(F)cc1Cl.O=C(O)C(F)(F)F. The molecule has 2 amide bonds. The molecule has 0 bridgehead atoms. The number of carboxylic acid groups (broad SMARTS) is 2. The molecule has 562 valence electrons. The Morgan fingerprint density at radius 2 is 0.913 bits per heavy atom. The first-order valence-corrected chi connectivity index (χ1v) is 31.8. The van der Waals surface area contributed by atoms with E-state index in [2.05, 4.69) is 9.98 Å². The topological polar surface area (TPSA) is 325 Å². The van der Waals surface area contributed by atoms with Gasteiger partial charge in [-0.15, -0.1) is 0 Å². The molecule has 0 aliphatic carbocycles. The van der Waals surface area contributed by atoms with Crippen molar-refractivity contribution in [3.63, 3.8) is 0 Å². The number of amidine groups is 2. The zero-order chi connectivity index (χ0) is 77.1. The smallest absolute Gasteiger partial charge is 0.482 e. The van der Waals surface area contributed by atoms with Crippen molar-refractivity contribution in [2.75, 3.05) is 39.5 Å². The van der Waals surface area contributed by atoms with Gasteiger partial charge in [-0.25, -0.2) is 51.9 Å². The van der Waals surface area contributed by atoms with E-state index in [4.69, 9.17) is 61.9 Å². The number of rotatable bonds is 20. The van der Waals surface area contributed by atoms with Crippen molar-refractivity contribution < 1.29 is 116 Å². The molecule has 2 unspecified atom stereocenters. The Bertz CT molecular complexity index is 4610. The van der Waals surface area contributed by atoms with Gasteiger partial charge < -0.3 is 33.9 Å². The Labute approximate surface area is 598 Å². The van der Waals surface area contributed by atoms with Gasteiger partial charge in [0.2, 0.25) is 11.8 Å². The second-order valence-electron chi connectivity index (χ2n) is 22.0. The number of benzene rings is 4.